The highest BCUT2D eigenvalue weighted by Crippen LogP contribution is 2.30. The Morgan fingerprint density at radius 2 is 1.97 bits per heavy atom. The SMILES string of the molecule is CCn1c(SCC(=O)Nc2ccccc2[N+](=O)[O-])nnc1-c1ccc(Cl)c(Cl)c1. The smallest absolute Gasteiger partial charge is 0.292 e. The number of para-hydroxylation sites is 2. The Morgan fingerprint density at radius 3 is 2.66 bits per heavy atom. The third kappa shape index (κ3) is 4.87. The summed E-state index contributed by atoms with van der Waals surface area (Å²) in [6.45, 7) is 2.51. The summed E-state index contributed by atoms with van der Waals surface area (Å²) in [6, 6.07) is 11.2. The van der Waals surface area contributed by atoms with Crippen molar-refractivity contribution in [2.45, 2.75) is 18.6 Å². The van der Waals surface area contributed by atoms with Gasteiger partial charge in [-0.3, -0.25) is 14.9 Å². The molecule has 0 radical (unpaired) electrons. The molecule has 0 bridgehead atoms. The zero-order chi connectivity index (χ0) is 21.0. The van der Waals surface area contributed by atoms with Gasteiger partial charge in [0.15, 0.2) is 11.0 Å². The van der Waals surface area contributed by atoms with E-state index in [0.717, 1.165) is 5.56 Å². The number of nitrogens with zero attached hydrogens (tertiary/aromatic N) is 4. The summed E-state index contributed by atoms with van der Waals surface area (Å²) in [7, 11) is 0. The summed E-state index contributed by atoms with van der Waals surface area (Å²) in [5.41, 5.74) is 0.742. The molecule has 1 amide bonds. The molecule has 1 N–H and O–H groups in total. The van der Waals surface area contributed by atoms with Gasteiger partial charge in [-0.2, -0.15) is 0 Å². The number of anilines is 1. The van der Waals surface area contributed by atoms with Crippen LogP contribution in [0.2, 0.25) is 10.0 Å². The molecule has 8 nitrogen and oxygen atoms in total. The van der Waals surface area contributed by atoms with Crippen LogP contribution in [0.5, 0.6) is 0 Å². The molecule has 29 heavy (non-hydrogen) atoms. The van der Waals surface area contributed by atoms with Gasteiger partial charge in [-0.15, -0.1) is 10.2 Å². The monoisotopic (exact) mass is 451 g/mol. The van der Waals surface area contributed by atoms with Gasteiger partial charge in [-0.05, 0) is 31.2 Å². The predicted molar refractivity (Wildman–Crippen MR) is 114 cm³/mol. The molecule has 0 saturated carbocycles. The molecule has 3 aromatic rings. The van der Waals surface area contributed by atoms with Crippen molar-refractivity contribution in [1.82, 2.24) is 14.8 Å². The Hall–Kier alpha value is -2.62. The molecule has 1 aromatic heterocycles. The van der Waals surface area contributed by atoms with Crippen LogP contribution in [0, 0.1) is 10.1 Å². The average Bonchev–Trinajstić information content (AvgIpc) is 3.11. The largest absolute Gasteiger partial charge is 0.320 e. The molecule has 0 aliphatic carbocycles. The Balaban J connectivity index is 1.73. The summed E-state index contributed by atoms with van der Waals surface area (Å²) in [6.07, 6.45) is 0. The van der Waals surface area contributed by atoms with E-state index >= 15 is 0 Å². The standard InChI is InChI=1S/C18H15Cl2N5O3S/c1-2-24-17(11-7-8-12(19)13(20)9-11)22-23-18(24)29-10-16(26)21-14-5-3-4-6-15(14)25(27)28/h3-9H,2,10H2,1H3,(H,21,26). The number of nitro benzene ring substituents is 1. The van der Waals surface area contributed by atoms with E-state index in [1.54, 1.807) is 24.3 Å². The Kier molecular flexibility index (Phi) is 6.73. The predicted octanol–water partition coefficient (Wildman–Crippen LogP) is 4.91. The molecule has 0 aliphatic rings. The number of aromatic nitrogens is 3. The van der Waals surface area contributed by atoms with Crippen LogP contribution < -0.4 is 5.32 Å². The normalized spacial score (nSPS) is 10.7. The van der Waals surface area contributed by atoms with Crippen molar-refractivity contribution in [2.75, 3.05) is 11.1 Å². The fourth-order valence-electron chi connectivity index (χ4n) is 2.58. The average molecular weight is 452 g/mol. The summed E-state index contributed by atoms with van der Waals surface area (Å²) < 4.78 is 1.85. The molecular weight excluding hydrogens is 437 g/mol. The zero-order valence-electron chi connectivity index (χ0n) is 15.1. The van der Waals surface area contributed by atoms with Crippen molar-refractivity contribution in [3.05, 3.63) is 62.6 Å². The minimum Gasteiger partial charge on any atom is -0.320 e. The van der Waals surface area contributed by atoms with Crippen molar-refractivity contribution in [3.63, 3.8) is 0 Å². The molecule has 0 aliphatic heterocycles. The number of halogens is 2. The molecule has 1 heterocycles. The van der Waals surface area contributed by atoms with Gasteiger partial charge in [0, 0.05) is 18.2 Å². The summed E-state index contributed by atoms with van der Waals surface area (Å²) in [5.74, 6) is 0.240. The highest BCUT2D eigenvalue weighted by atomic mass is 35.5. The van der Waals surface area contributed by atoms with Crippen molar-refractivity contribution < 1.29 is 9.72 Å². The van der Waals surface area contributed by atoms with Crippen LogP contribution in [0.4, 0.5) is 11.4 Å². The van der Waals surface area contributed by atoms with Crippen molar-refractivity contribution in [3.8, 4) is 11.4 Å². The minimum atomic E-state index is -0.542. The number of carbonyl (C=O) groups is 1. The van der Waals surface area contributed by atoms with Crippen LogP contribution in [0.1, 0.15) is 6.92 Å². The quantitative estimate of drug-likeness (QED) is 0.310. The molecule has 0 fully saturated rings. The van der Waals surface area contributed by atoms with E-state index in [1.165, 1.54) is 30.0 Å². The van der Waals surface area contributed by atoms with E-state index in [0.29, 0.717) is 27.6 Å². The number of nitro groups is 1. The second-order valence-electron chi connectivity index (χ2n) is 5.79. The number of amides is 1. The number of benzene rings is 2. The van der Waals surface area contributed by atoms with E-state index in [4.69, 9.17) is 23.2 Å². The molecule has 150 valence electrons. The lowest BCUT2D eigenvalue weighted by Crippen LogP contribution is -2.15. The van der Waals surface area contributed by atoms with Gasteiger partial charge in [0.2, 0.25) is 5.91 Å². The molecule has 0 unspecified atom stereocenters. The van der Waals surface area contributed by atoms with Gasteiger partial charge in [0.1, 0.15) is 5.69 Å². The number of hydrogen-bond acceptors (Lipinski definition) is 6. The van der Waals surface area contributed by atoms with E-state index < -0.39 is 4.92 Å². The molecule has 0 spiro atoms. The van der Waals surface area contributed by atoms with Crippen LogP contribution in [0.3, 0.4) is 0 Å². The molecule has 0 saturated heterocycles. The van der Waals surface area contributed by atoms with Gasteiger partial charge in [-0.1, -0.05) is 47.1 Å². The van der Waals surface area contributed by atoms with Gasteiger partial charge < -0.3 is 9.88 Å². The molecule has 2 aromatic carbocycles. The molecule has 11 heteroatoms. The van der Waals surface area contributed by atoms with E-state index in [9.17, 15) is 14.9 Å². The first-order valence-corrected chi connectivity index (χ1v) is 10.2. The highest BCUT2D eigenvalue weighted by molar-refractivity contribution is 7.99. The van der Waals surface area contributed by atoms with Gasteiger partial charge in [0.25, 0.3) is 5.69 Å². The first-order chi connectivity index (χ1) is 13.9. The van der Waals surface area contributed by atoms with Gasteiger partial charge in [0.05, 0.1) is 20.7 Å². The Bertz CT molecular complexity index is 1070. The lowest BCUT2D eigenvalue weighted by molar-refractivity contribution is -0.383. The number of thioether (sulfide) groups is 1. The molecular formula is C18H15Cl2N5O3S. The highest BCUT2D eigenvalue weighted by Gasteiger charge is 2.18. The fourth-order valence-corrected chi connectivity index (χ4v) is 3.68. The second kappa shape index (κ2) is 9.25. The lowest BCUT2D eigenvalue weighted by Gasteiger charge is -2.08. The second-order valence-corrected chi connectivity index (χ2v) is 7.55. The molecule has 3 rings (SSSR count). The number of rotatable bonds is 7. The van der Waals surface area contributed by atoms with E-state index in [2.05, 4.69) is 15.5 Å². The van der Waals surface area contributed by atoms with E-state index in [1.807, 2.05) is 11.5 Å². The Morgan fingerprint density at radius 1 is 1.21 bits per heavy atom. The van der Waals surface area contributed by atoms with Crippen LogP contribution in [-0.4, -0.2) is 31.3 Å². The number of nitrogens with one attached hydrogen (secondary N) is 1. The maximum absolute atomic E-state index is 12.3. The van der Waals surface area contributed by atoms with Crippen LogP contribution in [-0.2, 0) is 11.3 Å². The summed E-state index contributed by atoms with van der Waals surface area (Å²) >= 11 is 13.2. The topological polar surface area (TPSA) is 103 Å². The maximum Gasteiger partial charge on any atom is 0.292 e. The van der Waals surface area contributed by atoms with Crippen LogP contribution in [0.25, 0.3) is 11.4 Å². The lowest BCUT2D eigenvalue weighted by atomic mass is 10.2. The maximum atomic E-state index is 12.3. The number of carbonyl (C=O) groups excluding carboxylic acids is 1. The van der Waals surface area contributed by atoms with E-state index in [-0.39, 0.29) is 23.0 Å². The zero-order valence-corrected chi connectivity index (χ0v) is 17.5. The van der Waals surface area contributed by atoms with Crippen molar-refractivity contribution >= 4 is 52.2 Å². The summed E-state index contributed by atoms with van der Waals surface area (Å²) in [5, 5.41) is 23.4. The van der Waals surface area contributed by atoms with Crippen molar-refractivity contribution in [2.24, 2.45) is 0 Å². The Labute approximate surface area is 180 Å². The minimum absolute atomic E-state index is 0.0194. The third-order valence-electron chi connectivity index (χ3n) is 3.92. The fraction of sp³-hybridized carbons (Fsp3) is 0.167. The van der Waals surface area contributed by atoms with Crippen LogP contribution in [0.15, 0.2) is 47.6 Å². The molecule has 0 atom stereocenters. The van der Waals surface area contributed by atoms with Crippen molar-refractivity contribution in [1.29, 1.82) is 0 Å². The third-order valence-corrected chi connectivity index (χ3v) is 5.62. The van der Waals surface area contributed by atoms with Gasteiger partial charge >= 0.3 is 0 Å². The first-order valence-electron chi connectivity index (χ1n) is 8.45. The van der Waals surface area contributed by atoms with Crippen LogP contribution >= 0.6 is 35.0 Å². The number of hydrogen-bond donors (Lipinski definition) is 1. The first kappa shape index (κ1) is 21.1. The van der Waals surface area contributed by atoms with Gasteiger partial charge in [-0.25, -0.2) is 0 Å². The summed E-state index contributed by atoms with van der Waals surface area (Å²) in [4.78, 5) is 22.8.